The Morgan fingerprint density at radius 1 is 0.917 bits per heavy atom. The molecule has 1 aliphatic rings. The molecular formula is C7H3F5. The first-order valence-corrected chi connectivity index (χ1v) is 2.91. The first kappa shape index (κ1) is 8.96. The molecule has 0 radical (unpaired) electrons. The van der Waals surface area contributed by atoms with Gasteiger partial charge in [0.15, 0.2) is 23.3 Å². The van der Waals surface area contributed by atoms with Crippen LogP contribution in [0.25, 0.3) is 0 Å². The summed E-state index contributed by atoms with van der Waals surface area (Å²) in [6.07, 6.45) is -2.98. The molecule has 0 amide bonds. The van der Waals surface area contributed by atoms with Crippen LogP contribution in [-0.4, -0.2) is 6.17 Å². The van der Waals surface area contributed by atoms with Crippen LogP contribution in [0.1, 0.15) is 0 Å². The number of rotatable bonds is 0. The highest BCUT2D eigenvalue weighted by molar-refractivity contribution is 5.47. The molecule has 0 aliphatic heterocycles. The van der Waals surface area contributed by atoms with Crippen LogP contribution in [-0.2, 0) is 0 Å². The summed E-state index contributed by atoms with van der Waals surface area (Å²) in [5.74, 6) is -7.50. The minimum absolute atomic E-state index is 1.10. The molecule has 0 aromatic heterocycles. The van der Waals surface area contributed by atoms with Gasteiger partial charge >= 0.3 is 0 Å². The molecule has 0 bridgehead atoms. The highest BCUT2D eigenvalue weighted by atomic mass is 19.2. The van der Waals surface area contributed by atoms with E-state index in [1.807, 2.05) is 0 Å². The molecule has 5 heteroatoms. The standard InChI is InChI=1S/C7H3F5/c1-2-3(8)5(10)7(12)6(11)4(2)9/h7H,1H2. The molecule has 0 spiro atoms. The predicted molar refractivity (Wildman–Crippen MR) is 32.5 cm³/mol. The van der Waals surface area contributed by atoms with Crippen molar-refractivity contribution in [2.75, 3.05) is 0 Å². The average Bonchev–Trinajstić information content (AvgIpc) is 2.08. The summed E-state index contributed by atoms with van der Waals surface area (Å²) in [5.41, 5.74) is -1.10. The van der Waals surface area contributed by atoms with Gasteiger partial charge in [-0.1, -0.05) is 6.58 Å². The van der Waals surface area contributed by atoms with Gasteiger partial charge in [-0.3, -0.25) is 0 Å². The fourth-order valence-electron chi connectivity index (χ4n) is 0.718. The molecule has 0 fully saturated rings. The van der Waals surface area contributed by atoms with Crippen LogP contribution in [0.3, 0.4) is 0 Å². The second kappa shape index (κ2) is 2.73. The number of hydrogen-bond donors (Lipinski definition) is 0. The van der Waals surface area contributed by atoms with Crippen molar-refractivity contribution in [3.8, 4) is 0 Å². The first-order valence-electron chi connectivity index (χ1n) is 2.91. The van der Waals surface area contributed by atoms with Crippen LogP contribution in [0.15, 0.2) is 35.5 Å². The third kappa shape index (κ3) is 1.05. The maximum Gasteiger partial charge on any atom is 0.208 e. The average molecular weight is 182 g/mol. The Hall–Kier alpha value is -1.13. The van der Waals surface area contributed by atoms with Crippen LogP contribution in [0.5, 0.6) is 0 Å². The van der Waals surface area contributed by atoms with Crippen molar-refractivity contribution >= 4 is 0 Å². The minimum Gasteiger partial charge on any atom is -0.232 e. The van der Waals surface area contributed by atoms with Gasteiger partial charge in [-0.25, -0.2) is 22.0 Å². The summed E-state index contributed by atoms with van der Waals surface area (Å²) >= 11 is 0. The van der Waals surface area contributed by atoms with E-state index in [1.165, 1.54) is 0 Å². The lowest BCUT2D eigenvalue weighted by Gasteiger charge is -2.13. The van der Waals surface area contributed by atoms with Gasteiger partial charge in [-0.15, -0.1) is 0 Å². The minimum atomic E-state index is -2.98. The molecule has 12 heavy (non-hydrogen) atoms. The van der Waals surface area contributed by atoms with Gasteiger partial charge in [-0.05, 0) is 0 Å². The van der Waals surface area contributed by atoms with Gasteiger partial charge < -0.3 is 0 Å². The summed E-state index contributed by atoms with van der Waals surface area (Å²) in [7, 11) is 0. The second-order valence-corrected chi connectivity index (χ2v) is 2.16. The molecule has 0 aromatic carbocycles. The zero-order valence-corrected chi connectivity index (χ0v) is 5.67. The molecule has 0 heterocycles. The summed E-state index contributed by atoms with van der Waals surface area (Å²) in [5, 5.41) is 0. The van der Waals surface area contributed by atoms with Crippen LogP contribution >= 0.6 is 0 Å². The molecule has 0 saturated heterocycles. The Balaban J connectivity index is 3.22. The molecule has 0 saturated carbocycles. The topological polar surface area (TPSA) is 0 Å². The van der Waals surface area contributed by atoms with Gasteiger partial charge in [0.05, 0.1) is 0 Å². The molecule has 0 nitrogen and oxygen atoms in total. The third-order valence-electron chi connectivity index (χ3n) is 1.39. The van der Waals surface area contributed by atoms with Crippen LogP contribution in [0.2, 0.25) is 0 Å². The zero-order chi connectivity index (χ0) is 9.46. The van der Waals surface area contributed by atoms with E-state index < -0.39 is 35.1 Å². The van der Waals surface area contributed by atoms with E-state index >= 15 is 0 Å². The Labute approximate surface area is 64.7 Å². The van der Waals surface area contributed by atoms with E-state index in [9.17, 15) is 22.0 Å². The molecule has 0 atom stereocenters. The number of alkyl halides is 1. The van der Waals surface area contributed by atoms with Gasteiger partial charge in [-0.2, -0.15) is 0 Å². The lowest BCUT2D eigenvalue weighted by Crippen LogP contribution is -2.11. The summed E-state index contributed by atoms with van der Waals surface area (Å²) in [6, 6.07) is 0. The Morgan fingerprint density at radius 2 is 1.25 bits per heavy atom. The fourth-order valence-corrected chi connectivity index (χ4v) is 0.718. The highest BCUT2D eigenvalue weighted by Crippen LogP contribution is 2.37. The Morgan fingerprint density at radius 3 is 1.58 bits per heavy atom. The summed E-state index contributed by atoms with van der Waals surface area (Å²) in [6.45, 7) is 2.70. The van der Waals surface area contributed by atoms with E-state index in [-0.39, 0.29) is 0 Å². The van der Waals surface area contributed by atoms with Gasteiger partial charge in [0.2, 0.25) is 6.17 Å². The van der Waals surface area contributed by atoms with Gasteiger partial charge in [0.25, 0.3) is 0 Å². The van der Waals surface area contributed by atoms with E-state index in [0.29, 0.717) is 0 Å². The molecule has 0 unspecified atom stereocenters. The van der Waals surface area contributed by atoms with E-state index in [4.69, 9.17) is 0 Å². The maximum absolute atomic E-state index is 12.4. The van der Waals surface area contributed by atoms with Crippen LogP contribution in [0, 0.1) is 0 Å². The summed E-state index contributed by atoms with van der Waals surface area (Å²) in [4.78, 5) is 0. The largest absolute Gasteiger partial charge is 0.232 e. The predicted octanol–water partition coefficient (Wildman–Crippen LogP) is 3.20. The SMILES string of the molecule is C=C1C(F)=C(F)C(F)C(F)=C1F. The molecule has 1 aliphatic carbocycles. The van der Waals surface area contributed by atoms with Crippen molar-refractivity contribution in [1.29, 1.82) is 0 Å². The Bertz CT molecular complexity index is 271. The highest BCUT2D eigenvalue weighted by Gasteiger charge is 2.34. The van der Waals surface area contributed by atoms with Crippen molar-refractivity contribution in [2.24, 2.45) is 0 Å². The van der Waals surface area contributed by atoms with Crippen molar-refractivity contribution in [3.63, 3.8) is 0 Å². The normalized spacial score (nSPS) is 20.9. The quantitative estimate of drug-likeness (QED) is 0.504. The third-order valence-corrected chi connectivity index (χ3v) is 1.39. The summed E-state index contributed by atoms with van der Waals surface area (Å²) < 4.78 is 61.5. The lowest BCUT2D eigenvalue weighted by atomic mass is 10.1. The van der Waals surface area contributed by atoms with Crippen molar-refractivity contribution < 1.29 is 22.0 Å². The van der Waals surface area contributed by atoms with Gasteiger partial charge in [0.1, 0.15) is 0 Å². The number of halogens is 5. The van der Waals surface area contributed by atoms with Crippen molar-refractivity contribution in [1.82, 2.24) is 0 Å². The van der Waals surface area contributed by atoms with Crippen LogP contribution in [0.4, 0.5) is 22.0 Å². The molecule has 1 rings (SSSR count). The smallest absolute Gasteiger partial charge is 0.208 e. The number of allylic oxidation sites excluding steroid dienone is 5. The molecular weight excluding hydrogens is 179 g/mol. The lowest BCUT2D eigenvalue weighted by molar-refractivity contribution is 0.289. The van der Waals surface area contributed by atoms with E-state index in [0.717, 1.165) is 0 Å². The number of hydrogen-bond acceptors (Lipinski definition) is 0. The fraction of sp³-hybridized carbons (Fsp3) is 0.143. The van der Waals surface area contributed by atoms with E-state index in [2.05, 4.69) is 6.58 Å². The molecule has 0 aromatic rings. The molecule has 66 valence electrons. The van der Waals surface area contributed by atoms with Crippen molar-refractivity contribution in [3.05, 3.63) is 35.5 Å². The first-order chi connectivity index (χ1) is 5.46. The van der Waals surface area contributed by atoms with Crippen molar-refractivity contribution in [2.45, 2.75) is 6.17 Å². The maximum atomic E-state index is 12.4. The van der Waals surface area contributed by atoms with Crippen LogP contribution < -0.4 is 0 Å². The van der Waals surface area contributed by atoms with E-state index in [1.54, 1.807) is 0 Å². The second-order valence-electron chi connectivity index (χ2n) is 2.16. The Kier molecular flexibility index (Phi) is 2.04. The molecule has 0 N–H and O–H groups in total. The van der Waals surface area contributed by atoms with Gasteiger partial charge in [0, 0.05) is 5.57 Å². The monoisotopic (exact) mass is 182 g/mol. The zero-order valence-electron chi connectivity index (χ0n) is 5.67.